The van der Waals surface area contributed by atoms with Crippen LogP contribution in [0.1, 0.15) is 0 Å². The Kier molecular flexibility index (Phi) is 7.75. The number of rotatable bonds is 6. The second-order valence-electron chi connectivity index (χ2n) is 15.3. The van der Waals surface area contributed by atoms with Gasteiger partial charge in [0.2, 0.25) is 0 Å². The topological polar surface area (TPSA) is 8.17 Å². The highest BCUT2D eigenvalue weighted by Crippen LogP contribution is 2.44. The van der Waals surface area contributed by atoms with E-state index in [0.717, 1.165) is 22.7 Å². The van der Waals surface area contributed by atoms with Crippen LogP contribution in [0, 0.1) is 0 Å². The largest absolute Gasteiger partial charge is 0.310 e. The van der Waals surface area contributed by atoms with Gasteiger partial charge >= 0.3 is 0 Å². The Balaban J connectivity index is 0.996. The van der Waals surface area contributed by atoms with Crippen LogP contribution in [0.15, 0.2) is 218 Å². The van der Waals surface area contributed by atoms with E-state index in [0.29, 0.717) is 0 Å². The third kappa shape index (κ3) is 5.55. The molecule has 2 aromatic heterocycles. The zero-order chi connectivity index (χ0) is 38.9. The lowest BCUT2D eigenvalue weighted by molar-refractivity contribution is 1.18. The van der Waals surface area contributed by atoms with Crippen LogP contribution in [0.4, 0.5) is 17.1 Å². The normalized spacial score (nSPS) is 11.7. The third-order valence-electron chi connectivity index (χ3n) is 12.0. The molecule has 59 heavy (non-hydrogen) atoms. The number of hydrogen-bond acceptors (Lipinski definition) is 2. The van der Waals surface area contributed by atoms with E-state index in [1.807, 2.05) is 11.3 Å². The Bertz CT molecular complexity index is 3520. The first kappa shape index (κ1) is 33.7. The Morgan fingerprint density at radius 2 is 0.949 bits per heavy atom. The van der Waals surface area contributed by atoms with Crippen molar-refractivity contribution >= 4 is 91.9 Å². The highest BCUT2D eigenvalue weighted by atomic mass is 32.1. The third-order valence-corrected chi connectivity index (χ3v) is 13.2. The summed E-state index contributed by atoms with van der Waals surface area (Å²) >= 11 is 1.90. The number of thiophene rings is 1. The molecule has 0 unspecified atom stereocenters. The molecule has 0 spiro atoms. The molecule has 0 atom stereocenters. The SMILES string of the molecule is c1ccc(-c2ccc(N(c3ccc(-c4ccc5c(c4)c4cc6ccc7c8ccccc8sc7c6cc4n5-c4ccccc4)cc3)c3cccc4ccccc34)cc2)cc1. The van der Waals surface area contributed by atoms with Crippen molar-refractivity contribution in [3.05, 3.63) is 218 Å². The van der Waals surface area contributed by atoms with Crippen molar-refractivity contribution in [2.24, 2.45) is 0 Å². The standard InChI is InChI=1S/C56H36N2S/c1-3-12-37(13-4-1)38-22-28-44(29-23-38)57(52-20-11-15-40-14-7-8-18-46(40)52)45-30-24-39(25-31-45)41-27-33-53-50(34-41)51-35-42-26-32-48-47-19-9-10-21-55(47)59-56(48)49(42)36-54(51)58(53)43-16-5-2-6-17-43/h1-36H. The highest BCUT2D eigenvalue weighted by molar-refractivity contribution is 7.26. The quantitative estimate of drug-likeness (QED) is 0.164. The summed E-state index contributed by atoms with van der Waals surface area (Å²) in [6.45, 7) is 0. The molecule has 276 valence electrons. The number of fused-ring (bicyclic) bond motifs is 9. The molecule has 10 aromatic carbocycles. The molecule has 12 aromatic rings. The fourth-order valence-corrected chi connectivity index (χ4v) is 10.4. The van der Waals surface area contributed by atoms with Gasteiger partial charge < -0.3 is 9.47 Å². The van der Waals surface area contributed by atoms with Crippen molar-refractivity contribution in [3.63, 3.8) is 0 Å². The van der Waals surface area contributed by atoms with Crippen molar-refractivity contribution in [1.29, 1.82) is 0 Å². The lowest BCUT2D eigenvalue weighted by Gasteiger charge is -2.27. The first-order chi connectivity index (χ1) is 29.2. The van der Waals surface area contributed by atoms with Gasteiger partial charge in [-0.05, 0) is 106 Å². The number of para-hydroxylation sites is 1. The molecule has 3 heteroatoms. The van der Waals surface area contributed by atoms with E-state index < -0.39 is 0 Å². The number of benzene rings is 10. The second-order valence-corrected chi connectivity index (χ2v) is 16.4. The Labute approximate surface area is 346 Å². The molecule has 0 radical (unpaired) electrons. The van der Waals surface area contributed by atoms with Gasteiger partial charge in [0.15, 0.2) is 0 Å². The van der Waals surface area contributed by atoms with Crippen LogP contribution < -0.4 is 4.90 Å². The zero-order valence-electron chi connectivity index (χ0n) is 32.1. The summed E-state index contributed by atoms with van der Waals surface area (Å²) in [5.74, 6) is 0. The van der Waals surface area contributed by atoms with Gasteiger partial charge in [0.25, 0.3) is 0 Å². The Morgan fingerprint density at radius 3 is 1.73 bits per heavy atom. The number of aromatic nitrogens is 1. The van der Waals surface area contributed by atoms with Crippen LogP contribution in [0.3, 0.4) is 0 Å². The fraction of sp³-hybridized carbons (Fsp3) is 0. The number of anilines is 3. The van der Waals surface area contributed by atoms with E-state index in [9.17, 15) is 0 Å². The molecule has 0 amide bonds. The van der Waals surface area contributed by atoms with E-state index >= 15 is 0 Å². The summed E-state index contributed by atoms with van der Waals surface area (Å²) in [7, 11) is 0. The molecule has 0 saturated heterocycles. The van der Waals surface area contributed by atoms with E-state index in [2.05, 4.69) is 228 Å². The summed E-state index contributed by atoms with van der Waals surface area (Å²) in [5, 5.41) is 10.2. The molecule has 0 fully saturated rings. The molecule has 12 rings (SSSR count). The average Bonchev–Trinajstić information content (AvgIpc) is 3.85. The molecular formula is C56H36N2S. The first-order valence-corrected chi connectivity index (χ1v) is 21.0. The summed E-state index contributed by atoms with van der Waals surface area (Å²) < 4.78 is 5.12. The summed E-state index contributed by atoms with van der Waals surface area (Å²) in [6.07, 6.45) is 0. The minimum Gasteiger partial charge on any atom is -0.310 e. The number of nitrogens with zero attached hydrogens (tertiary/aromatic N) is 2. The monoisotopic (exact) mass is 768 g/mol. The summed E-state index contributed by atoms with van der Waals surface area (Å²) in [4.78, 5) is 2.39. The molecule has 0 bridgehead atoms. The molecular weight excluding hydrogens is 733 g/mol. The predicted molar refractivity (Wildman–Crippen MR) is 254 cm³/mol. The Hall–Kier alpha value is -7.46. The molecule has 0 saturated carbocycles. The van der Waals surface area contributed by atoms with Crippen molar-refractivity contribution in [3.8, 4) is 27.9 Å². The Morgan fingerprint density at radius 1 is 0.339 bits per heavy atom. The molecule has 2 nitrogen and oxygen atoms in total. The van der Waals surface area contributed by atoms with Crippen molar-refractivity contribution in [2.75, 3.05) is 4.90 Å². The average molecular weight is 769 g/mol. The van der Waals surface area contributed by atoms with Crippen LogP contribution in [0.25, 0.3) is 91.5 Å². The van der Waals surface area contributed by atoms with Gasteiger partial charge in [0.05, 0.1) is 16.7 Å². The highest BCUT2D eigenvalue weighted by Gasteiger charge is 2.19. The van der Waals surface area contributed by atoms with Crippen LogP contribution in [-0.4, -0.2) is 4.57 Å². The summed E-state index contributed by atoms with van der Waals surface area (Å²) in [5.41, 5.74) is 11.8. The van der Waals surface area contributed by atoms with Gasteiger partial charge in [0, 0.05) is 58.8 Å². The van der Waals surface area contributed by atoms with Crippen LogP contribution in [-0.2, 0) is 0 Å². The molecule has 0 aliphatic rings. The van der Waals surface area contributed by atoms with E-state index in [1.54, 1.807) is 0 Å². The van der Waals surface area contributed by atoms with Crippen LogP contribution >= 0.6 is 11.3 Å². The van der Waals surface area contributed by atoms with Crippen LogP contribution in [0.5, 0.6) is 0 Å². The molecule has 0 N–H and O–H groups in total. The van der Waals surface area contributed by atoms with E-state index in [4.69, 9.17) is 0 Å². The molecule has 0 aliphatic heterocycles. The van der Waals surface area contributed by atoms with Gasteiger partial charge in [0.1, 0.15) is 0 Å². The van der Waals surface area contributed by atoms with Gasteiger partial charge in [-0.2, -0.15) is 0 Å². The van der Waals surface area contributed by atoms with Crippen molar-refractivity contribution < 1.29 is 0 Å². The maximum Gasteiger partial charge on any atom is 0.0547 e. The fourth-order valence-electron chi connectivity index (χ4n) is 9.12. The molecule has 2 heterocycles. The molecule has 0 aliphatic carbocycles. The maximum atomic E-state index is 2.44. The van der Waals surface area contributed by atoms with E-state index in [-0.39, 0.29) is 0 Å². The maximum absolute atomic E-state index is 2.44. The lowest BCUT2D eigenvalue weighted by Crippen LogP contribution is -2.10. The second kappa shape index (κ2) is 13.6. The predicted octanol–water partition coefficient (Wildman–Crippen LogP) is 16.3. The van der Waals surface area contributed by atoms with Crippen molar-refractivity contribution in [1.82, 2.24) is 4.57 Å². The van der Waals surface area contributed by atoms with Crippen LogP contribution in [0.2, 0.25) is 0 Å². The van der Waals surface area contributed by atoms with Gasteiger partial charge in [-0.25, -0.2) is 0 Å². The van der Waals surface area contributed by atoms with Gasteiger partial charge in [-0.15, -0.1) is 11.3 Å². The van der Waals surface area contributed by atoms with Gasteiger partial charge in [-0.1, -0.05) is 146 Å². The first-order valence-electron chi connectivity index (χ1n) is 20.2. The summed E-state index contributed by atoms with van der Waals surface area (Å²) in [6, 6.07) is 79.8. The van der Waals surface area contributed by atoms with Crippen molar-refractivity contribution in [2.45, 2.75) is 0 Å². The smallest absolute Gasteiger partial charge is 0.0547 e. The number of hydrogen-bond donors (Lipinski definition) is 0. The van der Waals surface area contributed by atoms with E-state index in [1.165, 1.54) is 85.8 Å². The van der Waals surface area contributed by atoms with Gasteiger partial charge in [-0.3, -0.25) is 0 Å². The minimum atomic E-state index is 1.11. The lowest BCUT2D eigenvalue weighted by atomic mass is 10.00. The minimum absolute atomic E-state index is 1.11. The zero-order valence-corrected chi connectivity index (χ0v) is 32.9.